The first-order valence-corrected chi connectivity index (χ1v) is 8.97. The molecule has 1 N–H and O–H groups in total. The molecule has 2 amide bonds. The Morgan fingerprint density at radius 1 is 1.15 bits per heavy atom. The number of carbonyl (C=O) groups excluding carboxylic acids is 2. The van der Waals surface area contributed by atoms with Gasteiger partial charge >= 0.3 is 0 Å². The Morgan fingerprint density at radius 2 is 1.88 bits per heavy atom. The van der Waals surface area contributed by atoms with Crippen molar-refractivity contribution >= 4 is 41.1 Å². The number of halogens is 2. The molecule has 0 radical (unpaired) electrons. The van der Waals surface area contributed by atoms with E-state index in [1.807, 2.05) is 24.3 Å². The van der Waals surface area contributed by atoms with Gasteiger partial charge in [0.1, 0.15) is 6.04 Å². The van der Waals surface area contributed by atoms with E-state index >= 15 is 0 Å². The molecule has 0 saturated heterocycles. The van der Waals surface area contributed by atoms with E-state index in [1.165, 1.54) is 6.08 Å². The fourth-order valence-corrected chi connectivity index (χ4v) is 3.52. The van der Waals surface area contributed by atoms with E-state index in [2.05, 4.69) is 5.32 Å². The number of benzene rings is 2. The van der Waals surface area contributed by atoms with E-state index in [0.29, 0.717) is 28.6 Å². The van der Waals surface area contributed by atoms with Gasteiger partial charge in [-0.25, -0.2) is 0 Å². The summed E-state index contributed by atoms with van der Waals surface area (Å²) in [6.07, 6.45) is 3.58. The van der Waals surface area contributed by atoms with Crippen LogP contribution in [0, 0.1) is 0 Å². The minimum atomic E-state index is -0.535. The fourth-order valence-electron chi connectivity index (χ4n) is 3.05. The third kappa shape index (κ3) is 3.92. The number of hydrogen-bond acceptors (Lipinski definition) is 2. The van der Waals surface area contributed by atoms with Crippen LogP contribution in [0.5, 0.6) is 0 Å². The lowest BCUT2D eigenvalue weighted by molar-refractivity contribution is -0.138. The van der Waals surface area contributed by atoms with Crippen LogP contribution >= 0.6 is 23.2 Å². The molecule has 26 heavy (non-hydrogen) atoms. The summed E-state index contributed by atoms with van der Waals surface area (Å²) in [5, 5.41) is 3.65. The van der Waals surface area contributed by atoms with Crippen molar-refractivity contribution in [2.24, 2.45) is 0 Å². The van der Waals surface area contributed by atoms with Gasteiger partial charge in [-0.1, -0.05) is 53.5 Å². The number of carbonyl (C=O) groups is 2. The first-order valence-electron chi connectivity index (χ1n) is 8.21. The van der Waals surface area contributed by atoms with E-state index in [1.54, 1.807) is 36.2 Å². The summed E-state index contributed by atoms with van der Waals surface area (Å²) in [7, 11) is 1.58. The highest BCUT2D eigenvalue weighted by atomic mass is 35.5. The molecule has 134 valence electrons. The fraction of sp³-hybridized carbons (Fsp3) is 0.200. The molecular formula is C20H18Cl2N2O2. The van der Waals surface area contributed by atoms with Gasteiger partial charge in [0.15, 0.2) is 0 Å². The molecule has 1 heterocycles. The SMILES string of the molecule is CNC(=O)C1Cc2ccccc2CN1C(=O)C=Cc1ccc(Cl)cc1Cl. The molecule has 4 nitrogen and oxygen atoms in total. The number of hydrogen-bond donors (Lipinski definition) is 1. The van der Waals surface area contributed by atoms with Gasteiger partial charge in [-0.15, -0.1) is 0 Å². The number of amides is 2. The summed E-state index contributed by atoms with van der Waals surface area (Å²) < 4.78 is 0. The number of rotatable bonds is 3. The number of fused-ring (bicyclic) bond motifs is 1. The zero-order chi connectivity index (χ0) is 18.7. The first kappa shape index (κ1) is 18.5. The van der Waals surface area contributed by atoms with Crippen LogP contribution in [0.3, 0.4) is 0 Å². The molecule has 0 aliphatic carbocycles. The highest BCUT2D eigenvalue weighted by Crippen LogP contribution is 2.25. The van der Waals surface area contributed by atoms with E-state index in [9.17, 15) is 9.59 Å². The topological polar surface area (TPSA) is 49.4 Å². The van der Waals surface area contributed by atoms with Crippen LogP contribution in [0.1, 0.15) is 16.7 Å². The van der Waals surface area contributed by atoms with Crippen molar-refractivity contribution in [1.82, 2.24) is 10.2 Å². The molecule has 1 aliphatic heterocycles. The van der Waals surface area contributed by atoms with Crippen molar-refractivity contribution < 1.29 is 9.59 Å². The second-order valence-electron chi connectivity index (χ2n) is 6.07. The Hall–Kier alpha value is -2.30. The second-order valence-corrected chi connectivity index (χ2v) is 6.91. The minimum absolute atomic E-state index is 0.175. The summed E-state index contributed by atoms with van der Waals surface area (Å²) in [6, 6.07) is 12.4. The van der Waals surface area contributed by atoms with Gasteiger partial charge in [0.05, 0.1) is 0 Å². The monoisotopic (exact) mass is 388 g/mol. The molecule has 1 unspecified atom stereocenters. The van der Waals surface area contributed by atoms with Gasteiger partial charge in [-0.3, -0.25) is 9.59 Å². The molecule has 3 rings (SSSR count). The van der Waals surface area contributed by atoms with Crippen molar-refractivity contribution in [3.8, 4) is 0 Å². The predicted molar refractivity (Wildman–Crippen MR) is 104 cm³/mol. The maximum atomic E-state index is 12.8. The summed E-state index contributed by atoms with van der Waals surface area (Å²) in [5.41, 5.74) is 2.84. The smallest absolute Gasteiger partial charge is 0.247 e. The normalized spacial score (nSPS) is 16.4. The van der Waals surface area contributed by atoms with Crippen LogP contribution in [0.25, 0.3) is 6.08 Å². The van der Waals surface area contributed by atoms with Crippen LogP contribution < -0.4 is 5.32 Å². The molecule has 2 aromatic carbocycles. The van der Waals surface area contributed by atoms with Gasteiger partial charge in [0.25, 0.3) is 0 Å². The van der Waals surface area contributed by atoms with E-state index in [0.717, 1.165) is 11.1 Å². The van der Waals surface area contributed by atoms with Gasteiger partial charge in [-0.05, 0) is 34.9 Å². The largest absolute Gasteiger partial charge is 0.357 e. The molecule has 0 bridgehead atoms. The maximum Gasteiger partial charge on any atom is 0.247 e. The van der Waals surface area contributed by atoms with E-state index in [-0.39, 0.29) is 11.8 Å². The lowest BCUT2D eigenvalue weighted by Gasteiger charge is -2.35. The van der Waals surface area contributed by atoms with Crippen LogP contribution in [0.15, 0.2) is 48.5 Å². The molecule has 0 saturated carbocycles. The van der Waals surface area contributed by atoms with Crippen molar-refractivity contribution in [3.05, 3.63) is 75.3 Å². The summed E-state index contributed by atoms with van der Waals surface area (Å²) in [6.45, 7) is 0.395. The number of nitrogens with one attached hydrogen (secondary N) is 1. The van der Waals surface area contributed by atoms with Crippen LogP contribution in [0.2, 0.25) is 10.0 Å². The molecule has 1 atom stereocenters. The quantitative estimate of drug-likeness (QED) is 0.814. The van der Waals surface area contributed by atoms with Crippen molar-refractivity contribution in [1.29, 1.82) is 0 Å². The average Bonchev–Trinajstić information content (AvgIpc) is 2.65. The Kier molecular flexibility index (Phi) is 5.64. The summed E-state index contributed by atoms with van der Waals surface area (Å²) in [5.74, 6) is -0.412. The van der Waals surface area contributed by atoms with Crippen molar-refractivity contribution in [2.45, 2.75) is 19.0 Å². The van der Waals surface area contributed by atoms with Crippen LogP contribution in [0.4, 0.5) is 0 Å². The second kappa shape index (κ2) is 7.94. The Labute approximate surface area is 162 Å². The van der Waals surface area contributed by atoms with E-state index in [4.69, 9.17) is 23.2 Å². The zero-order valence-electron chi connectivity index (χ0n) is 14.2. The first-order chi connectivity index (χ1) is 12.5. The summed E-state index contributed by atoms with van der Waals surface area (Å²) in [4.78, 5) is 26.7. The molecule has 2 aromatic rings. The molecule has 0 fully saturated rings. The molecule has 0 spiro atoms. The minimum Gasteiger partial charge on any atom is -0.357 e. The van der Waals surface area contributed by atoms with Crippen molar-refractivity contribution in [2.75, 3.05) is 7.05 Å². The van der Waals surface area contributed by atoms with Crippen molar-refractivity contribution in [3.63, 3.8) is 0 Å². The highest BCUT2D eigenvalue weighted by molar-refractivity contribution is 6.35. The lowest BCUT2D eigenvalue weighted by Crippen LogP contribution is -2.51. The summed E-state index contributed by atoms with van der Waals surface area (Å²) >= 11 is 12.0. The Balaban J connectivity index is 1.86. The van der Waals surface area contributed by atoms with Gasteiger partial charge in [0.2, 0.25) is 11.8 Å². The standard InChI is InChI=1S/C20H18Cl2N2O2/c1-23-20(26)18-10-14-4-2-3-5-15(14)12-24(18)19(25)9-7-13-6-8-16(21)11-17(13)22/h2-9,11,18H,10,12H2,1H3,(H,23,26). The lowest BCUT2D eigenvalue weighted by atomic mass is 9.93. The Bertz CT molecular complexity index is 880. The third-order valence-corrected chi connectivity index (χ3v) is 5.01. The third-order valence-electron chi connectivity index (χ3n) is 4.45. The number of nitrogens with zero attached hydrogens (tertiary/aromatic N) is 1. The van der Waals surface area contributed by atoms with Gasteiger partial charge in [0, 0.05) is 36.1 Å². The Morgan fingerprint density at radius 3 is 2.58 bits per heavy atom. The predicted octanol–water partition coefficient (Wildman–Crippen LogP) is 3.71. The molecule has 0 aromatic heterocycles. The van der Waals surface area contributed by atoms with Crippen LogP contribution in [-0.2, 0) is 22.6 Å². The maximum absolute atomic E-state index is 12.8. The molecule has 1 aliphatic rings. The average molecular weight is 389 g/mol. The van der Waals surface area contributed by atoms with E-state index < -0.39 is 6.04 Å². The van der Waals surface area contributed by atoms with Gasteiger partial charge in [-0.2, -0.15) is 0 Å². The van der Waals surface area contributed by atoms with Crippen LogP contribution in [-0.4, -0.2) is 29.8 Å². The molecule has 6 heteroatoms. The number of likely N-dealkylation sites (N-methyl/N-ethyl adjacent to an activating group) is 1. The molecular weight excluding hydrogens is 371 g/mol. The highest BCUT2D eigenvalue weighted by Gasteiger charge is 2.33. The van der Waals surface area contributed by atoms with Gasteiger partial charge < -0.3 is 10.2 Å². The zero-order valence-corrected chi connectivity index (χ0v) is 15.7.